The number of aliphatic imine (C=N–C) groups is 1. The van der Waals surface area contributed by atoms with Crippen molar-refractivity contribution in [2.45, 2.75) is 13.3 Å². The van der Waals surface area contributed by atoms with E-state index in [-0.39, 0.29) is 0 Å². The molecule has 0 spiro atoms. The number of guanidine groups is 1. The van der Waals surface area contributed by atoms with E-state index >= 15 is 0 Å². The van der Waals surface area contributed by atoms with Gasteiger partial charge in [0.05, 0.1) is 12.8 Å². The largest absolute Gasteiger partial charge is 0.370 e. The van der Waals surface area contributed by atoms with Crippen molar-refractivity contribution in [3.63, 3.8) is 0 Å². The second-order valence-electron chi connectivity index (χ2n) is 3.61. The topological polar surface area (TPSA) is 96.6 Å². The first-order valence-corrected chi connectivity index (χ1v) is 6.83. The first-order valence-electron chi connectivity index (χ1n) is 4.94. The molecule has 0 radical (unpaired) electrons. The Morgan fingerprint density at radius 2 is 2.06 bits per heavy atom. The van der Waals surface area contributed by atoms with Crippen molar-refractivity contribution in [1.82, 2.24) is 10.0 Å². The van der Waals surface area contributed by atoms with Gasteiger partial charge in [-0.3, -0.25) is 0 Å². The van der Waals surface area contributed by atoms with Crippen LogP contribution in [0.15, 0.2) is 17.1 Å². The van der Waals surface area contributed by atoms with Crippen LogP contribution in [0.5, 0.6) is 0 Å². The molecule has 0 aromatic carbocycles. The average Bonchev–Trinajstić information content (AvgIpc) is 2.12. The van der Waals surface area contributed by atoms with Crippen molar-refractivity contribution >= 4 is 16.0 Å². The Kier molecular flexibility index (Phi) is 6.75. The lowest BCUT2D eigenvalue weighted by Gasteiger charge is -2.05. The van der Waals surface area contributed by atoms with Crippen molar-refractivity contribution in [3.05, 3.63) is 12.2 Å². The molecule has 7 heteroatoms. The summed E-state index contributed by atoms with van der Waals surface area (Å²) >= 11 is 0. The molecular formula is C9H20N4O2S. The lowest BCUT2D eigenvalue weighted by Crippen LogP contribution is -2.34. The van der Waals surface area contributed by atoms with Crippen LogP contribution >= 0.6 is 0 Å². The van der Waals surface area contributed by atoms with Gasteiger partial charge in [0, 0.05) is 13.1 Å². The molecule has 0 saturated heterocycles. The molecule has 0 rings (SSSR count). The summed E-state index contributed by atoms with van der Waals surface area (Å²) in [7, 11) is -3.10. The fourth-order valence-corrected chi connectivity index (χ4v) is 1.35. The molecule has 4 N–H and O–H groups in total. The van der Waals surface area contributed by atoms with E-state index < -0.39 is 10.0 Å². The third kappa shape index (κ3) is 11.0. The maximum atomic E-state index is 10.7. The van der Waals surface area contributed by atoms with Crippen LogP contribution in [0.3, 0.4) is 0 Å². The van der Waals surface area contributed by atoms with Crippen LogP contribution in [0.1, 0.15) is 13.3 Å². The minimum atomic E-state index is -3.10. The van der Waals surface area contributed by atoms with Gasteiger partial charge in [0.25, 0.3) is 0 Å². The molecule has 94 valence electrons. The predicted molar refractivity (Wildman–Crippen MR) is 66.8 cm³/mol. The highest BCUT2D eigenvalue weighted by molar-refractivity contribution is 7.88. The zero-order chi connectivity index (χ0) is 12.6. The summed E-state index contributed by atoms with van der Waals surface area (Å²) in [5, 5.41) is 2.88. The molecule has 0 aromatic rings. The Balaban J connectivity index is 3.59. The molecule has 0 aliphatic heterocycles. The number of nitrogens with one attached hydrogen (secondary N) is 2. The zero-order valence-electron chi connectivity index (χ0n) is 9.78. The summed E-state index contributed by atoms with van der Waals surface area (Å²) in [5.74, 6) is 0.349. The zero-order valence-corrected chi connectivity index (χ0v) is 10.6. The Morgan fingerprint density at radius 1 is 1.44 bits per heavy atom. The van der Waals surface area contributed by atoms with Crippen LogP contribution in [-0.4, -0.2) is 40.3 Å². The molecule has 0 amide bonds. The van der Waals surface area contributed by atoms with E-state index in [1.807, 2.05) is 6.92 Å². The van der Waals surface area contributed by atoms with Crippen molar-refractivity contribution in [3.8, 4) is 0 Å². The Hall–Kier alpha value is -1.08. The molecule has 0 saturated carbocycles. The fourth-order valence-electron chi connectivity index (χ4n) is 0.838. The Morgan fingerprint density at radius 3 is 2.56 bits per heavy atom. The van der Waals surface area contributed by atoms with Gasteiger partial charge in [-0.15, -0.1) is 0 Å². The first kappa shape index (κ1) is 14.9. The van der Waals surface area contributed by atoms with Crippen molar-refractivity contribution < 1.29 is 8.42 Å². The lowest BCUT2D eigenvalue weighted by molar-refractivity contribution is 0.584. The molecular weight excluding hydrogens is 228 g/mol. The number of rotatable bonds is 7. The standard InChI is InChI=1S/C9H20N4O2S/c1-8(2)7-12-9(10)11-5-4-6-13-16(3,14)15/h13H,1,4-7H2,2-3H3,(H3,10,11,12). The molecule has 0 heterocycles. The van der Waals surface area contributed by atoms with Gasteiger partial charge >= 0.3 is 0 Å². The van der Waals surface area contributed by atoms with Gasteiger partial charge in [-0.2, -0.15) is 0 Å². The number of hydrogen-bond acceptors (Lipinski definition) is 3. The van der Waals surface area contributed by atoms with Gasteiger partial charge in [-0.25, -0.2) is 18.1 Å². The molecule has 0 unspecified atom stereocenters. The maximum absolute atomic E-state index is 10.7. The van der Waals surface area contributed by atoms with Gasteiger partial charge in [0.1, 0.15) is 0 Å². The maximum Gasteiger partial charge on any atom is 0.208 e. The van der Waals surface area contributed by atoms with E-state index in [1.165, 1.54) is 0 Å². The second kappa shape index (κ2) is 7.24. The van der Waals surface area contributed by atoms with Crippen LogP contribution in [0.25, 0.3) is 0 Å². The monoisotopic (exact) mass is 248 g/mol. The van der Waals surface area contributed by atoms with Gasteiger partial charge in [0.2, 0.25) is 10.0 Å². The Bertz CT molecular complexity index is 349. The molecule has 0 fully saturated rings. The quantitative estimate of drug-likeness (QED) is 0.243. The molecule has 0 atom stereocenters. The molecule has 0 aliphatic carbocycles. The smallest absolute Gasteiger partial charge is 0.208 e. The third-order valence-corrected chi connectivity index (χ3v) is 2.27. The summed E-state index contributed by atoms with van der Waals surface area (Å²) in [4.78, 5) is 4.02. The molecule has 0 bridgehead atoms. The summed E-state index contributed by atoms with van der Waals surface area (Å²) in [6.45, 7) is 7.03. The van der Waals surface area contributed by atoms with E-state index in [0.29, 0.717) is 32.0 Å². The van der Waals surface area contributed by atoms with E-state index in [2.05, 4.69) is 21.6 Å². The summed E-state index contributed by atoms with van der Waals surface area (Å²) in [6, 6.07) is 0. The van der Waals surface area contributed by atoms with Crippen LogP contribution in [0.4, 0.5) is 0 Å². The Labute approximate surface area is 97.1 Å². The van der Waals surface area contributed by atoms with Gasteiger partial charge in [-0.05, 0) is 13.3 Å². The van der Waals surface area contributed by atoms with Crippen LogP contribution in [-0.2, 0) is 10.0 Å². The van der Waals surface area contributed by atoms with E-state index in [0.717, 1.165) is 11.8 Å². The van der Waals surface area contributed by atoms with Crippen molar-refractivity contribution in [1.29, 1.82) is 0 Å². The highest BCUT2D eigenvalue weighted by Crippen LogP contribution is 1.85. The summed E-state index contributed by atoms with van der Waals surface area (Å²) in [6.07, 6.45) is 1.78. The summed E-state index contributed by atoms with van der Waals surface area (Å²) < 4.78 is 23.8. The van der Waals surface area contributed by atoms with Crippen molar-refractivity contribution in [2.75, 3.05) is 25.9 Å². The van der Waals surface area contributed by atoms with Gasteiger partial charge < -0.3 is 11.1 Å². The molecule has 0 aromatic heterocycles. The van der Waals surface area contributed by atoms with Gasteiger partial charge in [-0.1, -0.05) is 12.2 Å². The summed E-state index contributed by atoms with van der Waals surface area (Å²) in [5.41, 5.74) is 6.48. The highest BCUT2D eigenvalue weighted by Gasteiger charge is 1.98. The lowest BCUT2D eigenvalue weighted by atomic mass is 10.4. The first-order chi connectivity index (χ1) is 7.31. The highest BCUT2D eigenvalue weighted by atomic mass is 32.2. The average molecular weight is 248 g/mol. The molecule has 0 aliphatic rings. The number of sulfonamides is 1. The van der Waals surface area contributed by atoms with Crippen LogP contribution in [0.2, 0.25) is 0 Å². The van der Waals surface area contributed by atoms with E-state index in [1.54, 1.807) is 0 Å². The van der Waals surface area contributed by atoms with Crippen LogP contribution in [0, 0.1) is 0 Å². The number of nitrogens with zero attached hydrogens (tertiary/aromatic N) is 1. The van der Waals surface area contributed by atoms with Crippen LogP contribution < -0.4 is 15.8 Å². The molecule has 6 nitrogen and oxygen atoms in total. The minimum Gasteiger partial charge on any atom is -0.370 e. The third-order valence-electron chi connectivity index (χ3n) is 1.54. The SMILES string of the molecule is C=C(C)CN=C(N)NCCCNS(C)(=O)=O. The number of nitrogens with two attached hydrogens (primary N) is 1. The van der Waals surface area contributed by atoms with Gasteiger partial charge in [0.15, 0.2) is 5.96 Å². The molecule has 16 heavy (non-hydrogen) atoms. The minimum absolute atomic E-state index is 0.349. The van der Waals surface area contributed by atoms with E-state index in [9.17, 15) is 8.42 Å². The number of hydrogen-bond donors (Lipinski definition) is 3. The predicted octanol–water partition coefficient (Wildman–Crippen LogP) is -0.594. The normalized spacial score (nSPS) is 12.5. The van der Waals surface area contributed by atoms with E-state index in [4.69, 9.17) is 5.73 Å². The second-order valence-corrected chi connectivity index (χ2v) is 5.44. The fraction of sp³-hybridized carbons (Fsp3) is 0.667. The van der Waals surface area contributed by atoms with Crippen molar-refractivity contribution in [2.24, 2.45) is 10.7 Å².